The van der Waals surface area contributed by atoms with Crippen LogP contribution in [-0.2, 0) is 14.8 Å². The summed E-state index contributed by atoms with van der Waals surface area (Å²) in [6.45, 7) is 3.11. The number of benzene rings is 2. The first-order valence-electron chi connectivity index (χ1n) is 8.43. The minimum atomic E-state index is -3.75. The average molecular weight is 402 g/mol. The lowest BCUT2D eigenvalue weighted by Crippen LogP contribution is -2.38. The van der Waals surface area contributed by atoms with Crippen LogP contribution in [0.4, 0.5) is 0 Å². The second-order valence-corrected chi connectivity index (χ2v) is 7.85. The maximum atomic E-state index is 11.7. The zero-order valence-corrected chi connectivity index (χ0v) is 16.3. The van der Waals surface area contributed by atoms with E-state index in [1.807, 2.05) is 37.3 Å². The molecule has 1 atom stereocenters. The van der Waals surface area contributed by atoms with E-state index in [1.54, 1.807) is 24.4 Å². The van der Waals surface area contributed by atoms with Gasteiger partial charge in [0.15, 0.2) is 0 Å². The van der Waals surface area contributed by atoms with Gasteiger partial charge < -0.3 is 15.2 Å². The van der Waals surface area contributed by atoms with Crippen LogP contribution in [0.5, 0.6) is 5.75 Å². The van der Waals surface area contributed by atoms with Crippen LogP contribution in [0.25, 0.3) is 11.3 Å². The molecule has 0 aliphatic carbocycles. The van der Waals surface area contributed by atoms with Crippen molar-refractivity contribution in [2.24, 2.45) is 0 Å². The molecule has 0 radical (unpaired) electrons. The van der Waals surface area contributed by atoms with E-state index in [-0.39, 0.29) is 10.6 Å². The fourth-order valence-corrected chi connectivity index (χ4v) is 3.43. The van der Waals surface area contributed by atoms with E-state index < -0.39 is 22.0 Å². The smallest absolute Gasteiger partial charge is 0.321 e. The van der Waals surface area contributed by atoms with Gasteiger partial charge in [-0.3, -0.25) is 4.79 Å². The van der Waals surface area contributed by atoms with Gasteiger partial charge >= 0.3 is 5.97 Å². The topological polar surface area (TPSA) is 119 Å². The van der Waals surface area contributed by atoms with Crippen molar-refractivity contribution < 1.29 is 23.4 Å². The van der Waals surface area contributed by atoms with Crippen LogP contribution in [0.2, 0.25) is 0 Å². The van der Waals surface area contributed by atoms with E-state index in [0.717, 1.165) is 16.8 Å². The van der Waals surface area contributed by atoms with Gasteiger partial charge in [-0.05, 0) is 31.5 Å². The summed E-state index contributed by atoms with van der Waals surface area (Å²) in [4.78, 5) is 13.6. The highest BCUT2D eigenvalue weighted by Gasteiger charge is 2.20. The van der Waals surface area contributed by atoms with Crippen LogP contribution in [0.3, 0.4) is 0 Å². The highest BCUT2D eigenvalue weighted by atomic mass is 32.2. The highest BCUT2D eigenvalue weighted by molar-refractivity contribution is 7.89. The van der Waals surface area contributed by atoms with E-state index in [9.17, 15) is 13.2 Å². The quantitative estimate of drug-likeness (QED) is 0.523. The lowest BCUT2D eigenvalue weighted by molar-refractivity contribution is -0.138. The van der Waals surface area contributed by atoms with Crippen LogP contribution < -0.4 is 4.72 Å². The monoisotopic (exact) mass is 402 g/mol. The number of H-pyrrole nitrogens is 1. The second-order valence-electron chi connectivity index (χ2n) is 6.13. The van der Waals surface area contributed by atoms with Crippen LogP contribution in [0.1, 0.15) is 12.5 Å². The number of carbonyl (C=O) groups is 1. The highest BCUT2D eigenvalue weighted by Crippen LogP contribution is 2.21. The number of aryl methyl sites for hydroxylation is 1. The number of sulfonamides is 1. The Morgan fingerprint density at radius 1 is 1.07 bits per heavy atom. The summed E-state index contributed by atoms with van der Waals surface area (Å²) in [6, 6.07) is 16.6. The normalized spacial score (nSPS) is 11.9. The number of rotatable bonds is 5. The zero-order valence-electron chi connectivity index (χ0n) is 15.5. The fraction of sp³-hybridized carbons (Fsp3) is 0.150. The number of nitrogens with one attached hydrogen (secondary N) is 2. The molecule has 3 aromatic rings. The van der Waals surface area contributed by atoms with Crippen molar-refractivity contribution in [2.75, 3.05) is 0 Å². The number of hydrogen-bond acceptors (Lipinski definition) is 4. The molecular weight excluding hydrogens is 380 g/mol. The summed E-state index contributed by atoms with van der Waals surface area (Å²) in [6.07, 6.45) is 1.57. The van der Waals surface area contributed by atoms with E-state index >= 15 is 0 Å². The van der Waals surface area contributed by atoms with Crippen molar-refractivity contribution in [2.45, 2.75) is 24.8 Å². The molecule has 1 heterocycles. The maximum Gasteiger partial charge on any atom is 0.321 e. The molecule has 1 unspecified atom stereocenters. The van der Waals surface area contributed by atoms with Crippen molar-refractivity contribution >= 4 is 16.0 Å². The number of carboxylic acid groups (broad SMARTS) is 1. The fourth-order valence-electron chi connectivity index (χ4n) is 2.24. The summed E-state index contributed by atoms with van der Waals surface area (Å²) in [5, 5.41) is 17.7. The molecule has 0 saturated heterocycles. The first-order chi connectivity index (χ1) is 13.2. The molecule has 2 aromatic carbocycles. The SMILES string of the molecule is Cc1ccc(S(=O)(=O)NC(C)C(=O)O)cc1.Oc1c[nH]c(-c2ccccc2)c1. The summed E-state index contributed by atoms with van der Waals surface area (Å²) < 4.78 is 25.4. The van der Waals surface area contributed by atoms with Gasteiger partial charge in [-0.25, -0.2) is 8.42 Å². The summed E-state index contributed by atoms with van der Waals surface area (Å²) in [7, 11) is -3.75. The largest absolute Gasteiger partial charge is 0.506 e. The third-order valence-corrected chi connectivity index (χ3v) is 5.34. The molecular formula is C20H22N2O5S. The molecule has 0 amide bonds. The number of hydrogen-bond donors (Lipinski definition) is 4. The predicted molar refractivity (Wildman–Crippen MR) is 106 cm³/mol. The number of aromatic nitrogens is 1. The third-order valence-electron chi connectivity index (χ3n) is 3.79. The van der Waals surface area contributed by atoms with Gasteiger partial charge in [0.1, 0.15) is 11.8 Å². The predicted octanol–water partition coefficient (Wildman–Crippen LogP) is 3.13. The lowest BCUT2D eigenvalue weighted by atomic mass is 10.2. The molecule has 8 heteroatoms. The zero-order chi connectivity index (χ0) is 20.7. The molecule has 7 nitrogen and oxygen atoms in total. The number of aromatic amines is 1. The maximum absolute atomic E-state index is 11.7. The second kappa shape index (κ2) is 9.20. The first kappa shape index (κ1) is 21.2. The van der Waals surface area contributed by atoms with Crippen molar-refractivity contribution in [3.05, 3.63) is 72.4 Å². The van der Waals surface area contributed by atoms with Gasteiger partial charge in [0.25, 0.3) is 0 Å². The first-order valence-corrected chi connectivity index (χ1v) is 9.92. The van der Waals surface area contributed by atoms with E-state index in [1.165, 1.54) is 19.1 Å². The molecule has 0 aliphatic heterocycles. The van der Waals surface area contributed by atoms with Crippen LogP contribution in [0.15, 0.2) is 71.8 Å². The van der Waals surface area contributed by atoms with Gasteiger partial charge in [0.05, 0.1) is 4.90 Å². The van der Waals surface area contributed by atoms with Crippen LogP contribution >= 0.6 is 0 Å². The van der Waals surface area contributed by atoms with Gasteiger partial charge in [0.2, 0.25) is 10.0 Å². The van der Waals surface area contributed by atoms with Gasteiger partial charge in [-0.1, -0.05) is 48.0 Å². The Balaban J connectivity index is 0.000000207. The third kappa shape index (κ3) is 5.97. The molecule has 0 fully saturated rings. The Kier molecular flexibility index (Phi) is 6.97. The molecule has 1 aromatic heterocycles. The number of aliphatic carboxylic acids is 1. The van der Waals surface area contributed by atoms with Crippen LogP contribution in [-0.4, -0.2) is 35.6 Å². The van der Waals surface area contributed by atoms with Crippen LogP contribution in [0, 0.1) is 6.92 Å². The van der Waals surface area contributed by atoms with E-state index in [4.69, 9.17) is 10.2 Å². The standard InChI is InChI=1S/C10H13NO4S.C10H9NO/c1-7-3-5-9(6-4-7)16(14,15)11-8(2)10(12)13;12-9-6-10(11-7-9)8-4-2-1-3-5-8/h3-6,8,11H,1-2H3,(H,12,13);1-7,11-12H. The van der Waals surface area contributed by atoms with E-state index in [2.05, 4.69) is 9.71 Å². The van der Waals surface area contributed by atoms with Gasteiger partial charge in [-0.15, -0.1) is 0 Å². The summed E-state index contributed by atoms with van der Waals surface area (Å²) >= 11 is 0. The lowest BCUT2D eigenvalue weighted by Gasteiger charge is -2.10. The minimum Gasteiger partial charge on any atom is -0.506 e. The molecule has 0 aliphatic rings. The molecule has 3 rings (SSSR count). The average Bonchev–Trinajstić information content (AvgIpc) is 3.09. The van der Waals surface area contributed by atoms with E-state index in [0.29, 0.717) is 0 Å². The summed E-state index contributed by atoms with van der Waals surface area (Å²) in [5.74, 6) is -0.940. The number of aromatic hydroxyl groups is 1. The Morgan fingerprint density at radius 2 is 1.68 bits per heavy atom. The van der Waals surface area contributed by atoms with Gasteiger partial charge in [0, 0.05) is 18.0 Å². The molecule has 0 saturated carbocycles. The molecule has 0 spiro atoms. The molecule has 148 valence electrons. The number of carboxylic acids is 1. The molecule has 0 bridgehead atoms. The Morgan fingerprint density at radius 3 is 2.18 bits per heavy atom. The van der Waals surface area contributed by atoms with Crippen molar-refractivity contribution in [3.63, 3.8) is 0 Å². The van der Waals surface area contributed by atoms with Crippen molar-refractivity contribution in [1.82, 2.24) is 9.71 Å². The van der Waals surface area contributed by atoms with Crippen molar-refractivity contribution in [1.29, 1.82) is 0 Å². The van der Waals surface area contributed by atoms with Crippen molar-refractivity contribution in [3.8, 4) is 17.0 Å². The Hall–Kier alpha value is -3.10. The molecule has 4 N–H and O–H groups in total. The minimum absolute atomic E-state index is 0.0613. The van der Waals surface area contributed by atoms with Gasteiger partial charge in [-0.2, -0.15) is 4.72 Å². The molecule has 28 heavy (non-hydrogen) atoms. The Bertz CT molecular complexity index is 1010. The Labute approximate surface area is 163 Å². The summed E-state index contributed by atoms with van der Waals surface area (Å²) in [5.41, 5.74) is 2.95.